The van der Waals surface area contributed by atoms with E-state index in [2.05, 4.69) is 33.4 Å². The number of nitrogens with one attached hydrogen (secondary N) is 1. The van der Waals surface area contributed by atoms with Crippen LogP contribution in [0, 0.1) is 11.3 Å². The number of hydrogen-bond acceptors (Lipinski definition) is 6. The van der Waals surface area contributed by atoms with E-state index in [9.17, 15) is 0 Å². The van der Waals surface area contributed by atoms with Crippen molar-refractivity contribution < 1.29 is 9.47 Å². The maximum atomic E-state index is 8.92. The Labute approximate surface area is 195 Å². The Balaban J connectivity index is 1.43. The van der Waals surface area contributed by atoms with Crippen LogP contribution in [0.3, 0.4) is 0 Å². The van der Waals surface area contributed by atoms with Crippen LogP contribution in [0.15, 0.2) is 55.0 Å². The zero-order valence-electron chi connectivity index (χ0n) is 19.3. The Morgan fingerprint density at radius 1 is 1.06 bits per heavy atom. The van der Waals surface area contributed by atoms with Crippen molar-refractivity contribution in [2.45, 2.75) is 39.3 Å². The molecular formula is C26H31N5O2. The average Bonchev–Trinajstić information content (AvgIpc) is 3.36. The topological polar surface area (TPSA) is 75.3 Å². The second kappa shape index (κ2) is 10.9. The van der Waals surface area contributed by atoms with E-state index in [4.69, 9.17) is 14.7 Å². The van der Waals surface area contributed by atoms with E-state index in [-0.39, 0.29) is 0 Å². The number of pyridine rings is 1. The van der Waals surface area contributed by atoms with Crippen LogP contribution in [0.25, 0.3) is 5.69 Å². The molecule has 4 rings (SSSR count). The lowest BCUT2D eigenvalue weighted by Crippen LogP contribution is -2.38. The van der Waals surface area contributed by atoms with E-state index in [0.717, 1.165) is 55.5 Å². The SMILES string of the molecule is CCOc1cc(CN2CCC(Nc3ccc(C#N)cn3)CC2)cc(OCC)c1-n1cccc1. The third kappa shape index (κ3) is 5.65. The summed E-state index contributed by atoms with van der Waals surface area (Å²) in [6.45, 7) is 8.07. The number of hydrogen-bond donors (Lipinski definition) is 1. The molecule has 1 N–H and O–H groups in total. The number of benzene rings is 1. The van der Waals surface area contributed by atoms with Gasteiger partial charge in [0.25, 0.3) is 0 Å². The lowest BCUT2D eigenvalue weighted by molar-refractivity contribution is 0.210. The normalized spacial score (nSPS) is 14.6. The summed E-state index contributed by atoms with van der Waals surface area (Å²) in [5.41, 5.74) is 2.72. The molecule has 1 aromatic carbocycles. The molecule has 0 unspecified atom stereocenters. The van der Waals surface area contributed by atoms with Gasteiger partial charge in [-0.25, -0.2) is 4.98 Å². The predicted molar refractivity (Wildman–Crippen MR) is 129 cm³/mol. The van der Waals surface area contributed by atoms with Crippen LogP contribution in [0.2, 0.25) is 0 Å². The van der Waals surface area contributed by atoms with Gasteiger partial charge >= 0.3 is 0 Å². The van der Waals surface area contributed by atoms with E-state index in [0.29, 0.717) is 24.8 Å². The standard InChI is InChI=1S/C26H31N5O2/c1-3-32-23-15-21(16-24(33-4-2)26(23)31-11-5-6-12-31)19-30-13-9-22(10-14-30)29-25-8-7-20(17-27)18-28-25/h5-8,11-12,15-16,18,22H,3-4,9-10,13-14,19H2,1-2H3,(H,28,29). The maximum absolute atomic E-state index is 8.92. The molecule has 0 aliphatic carbocycles. The monoisotopic (exact) mass is 445 g/mol. The van der Waals surface area contributed by atoms with E-state index in [1.807, 2.05) is 49.0 Å². The molecule has 0 radical (unpaired) electrons. The molecule has 0 spiro atoms. The molecular weight excluding hydrogens is 414 g/mol. The predicted octanol–water partition coefficient (Wildman–Crippen LogP) is 4.62. The third-order valence-corrected chi connectivity index (χ3v) is 5.80. The molecule has 2 aromatic heterocycles. The van der Waals surface area contributed by atoms with Crippen LogP contribution < -0.4 is 14.8 Å². The molecule has 3 heterocycles. The molecule has 172 valence electrons. The molecule has 0 saturated carbocycles. The summed E-state index contributed by atoms with van der Waals surface area (Å²) in [5, 5.41) is 12.4. The highest BCUT2D eigenvalue weighted by Crippen LogP contribution is 2.35. The highest BCUT2D eigenvalue weighted by molar-refractivity contribution is 5.59. The molecule has 0 bridgehead atoms. The molecule has 1 saturated heterocycles. The van der Waals surface area contributed by atoms with Gasteiger partial charge in [0.15, 0.2) is 0 Å². The van der Waals surface area contributed by atoms with Gasteiger partial charge in [-0.05, 0) is 68.7 Å². The average molecular weight is 446 g/mol. The molecule has 1 fully saturated rings. The first kappa shape index (κ1) is 22.7. The van der Waals surface area contributed by atoms with Gasteiger partial charge < -0.3 is 19.4 Å². The molecule has 33 heavy (non-hydrogen) atoms. The lowest BCUT2D eigenvalue weighted by atomic mass is 10.0. The number of anilines is 1. The highest BCUT2D eigenvalue weighted by atomic mass is 16.5. The second-order valence-corrected chi connectivity index (χ2v) is 8.14. The van der Waals surface area contributed by atoms with Gasteiger partial charge in [0.05, 0.1) is 18.8 Å². The van der Waals surface area contributed by atoms with Crippen molar-refractivity contribution >= 4 is 5.82 Å². The molecule has 0 amide bonds. The first-order chi connectivity index (χ1) is 16.2. The van der Waals surface area contributed by atoms with E-state index < -0.39 is 0 Å². The molecule has 1 aliphatic rings. The van der Waals surface area contributed by atoms with E-state index in [1.165, 1.54) is 5.56 Å². The Morgan fingerprint density at radius 3 is 2.27 bits per heavy atom. The van der Waals surface area contributed by atoms with Crippen LogP contribution in [-0.4, -0.2) is 46.8 Å². The van der Waals surface area contributed by atoms with Crippen LogP contribution >= 0.6 is 0 Å². The first-order valence-corrected chi connectivity index (χ1v) is 11.6. The number of ether oxygens (including phenoxy) is 2. The first-order valence-electron chi connectivity index (χ1n) is 11.6. The zero-order chi connectivity index (χ0) is 23.0. The number of likely N-dealkylation sites (tertiary alicyclic amines) is 1. The van der Waals surface area contributed by atoms with Crippen molar-refractivity contribution in [1.82, 2.24) is 14.5 Å². The fraction of sp³-hybridized carbons (Fsp3) is 0.385. The van der Waals surface area contributed by atoms with Gasteiger partial charge in [-0.2, -0.15) is 5.26 Å². The smallest absolute Gasteiger partial charge is 0.147 e. The summed E-state index contributed by atoms with van der Waals surface area (Å²) in [6.07, 6.45) is 7.72. The van der Waals surface area contributed by atoms with Crippen LogP contribution in [0.5, 0.6) is 11.5 Å². The number of nitrogens with zero attached hydrogens (tertiary/aromatic N) is 4. The fourth-order valence-electron chi connectivity index (χ4n) is 4.25. The maximum Gasteiger partial charge on any atom is 0.147 e. The van der Waals surface area contributed by atoms with Gasteiger partial charge in [0.2, 0.25) is 0 Å². The minimum atomic E-state index is 0.385. The second-order valence-electron chi connectivity index (χ2n) is 8.14. The molecule has 0 atom stereocenters. The van der Waals surface area contributed by atoms with Gasteiger partial charge in [-0.3, -0.25) is 4.90 Å². The number of nitriles is 1. The molecule has 3 aromatic rings. The highest BCUT2D eigenvalue weighted by Gasteiger charge is 2.21. The van der Waals surface area contributed by atoms with Gasteiger partial charge in [0.1, 0.15) is 29.1 Å². The van der Waals surface area contributed by atoms with Crippen LogP contribution in [0.4, 0.5) is 5.82 Å². The molecule has 7 heteroatoms. The fourth-order valence-corrected chi connectivity index (χ4v) is 4.25. The summed E-state index contributed by atoms with van der Waals surface area (Å²) in [4.78, 5) is 6.81. The van der Waals surface area contributed by atoms with Crippen LogP contribution in [-0.2, 0) is 6.54 Å². The Bertz CT molecular complexity index is 1040. The van der Waals surface area contributed by atoms with E-state index >= 15 is 0 Å². The number of piperidine rings is 1. The summed E-state index contributed by atoms with van der Waals surface area (Å²) in [7, 11) is 0. The third-order valence-electron chi connectivity index (χ3n) is 5.80. The van der Waals surface area contributed by atoms with Crippen molar-refractivity contribution in [3.05, 3.63) is 66.1 Å². The summed E-state index contributed by atoms with van der Waals surface area (Å²) >= 11 is 0. The largest absolute Gasteiger partial charge is 0.492 e. The molecule has 1 aliphatic heterocycles. The van der Waals surface area contributed by atoms with Gasteiger partial charge in [-0.15, -0.1) is 0 Å². The van der Waals surface area contributed by atoms with Crippen molar-refractivity contribution in [3.63, 3.8) is 0 Å². The Kier molecular flexibility index (Phi) is 7.48. The quantitative estimate of drug-likeness (QED) is 0.518. The van der Waals surface area contributed by atoms with Crippen molar-refractivity contribution in [2.24, 2.45) is 0 Å². The van der Waals surface area contributed by atoms with E-state index in [1.54, 1.807) is 12.3 Å². The Hall–Kier alpha value is -3.50. The summed E-state index contributed by atoms with van der Waals surface area (Å²) < 4.78 is 14.1. The number of aromatic nitrogens is 2. The minimum absolute atomic E-state index is 0.385. The zero-order valence-corrected chi connectivity index (χ0v) is 19.3. The van der Waals surface area contributed by atoms with Crippen molar-refractivity contribution in [3.8, 4) is 23.3 Å². The van der Waals surface area contributed by atoms with Crippen molar-refractivity contribution in [2.75, 3.05) is 31.6 Å². The van der Waals surface area contributed by atoms with Gasteiger partial charge in [-0.1, -0.05) is 0 Å². The lowest BCUT2D eigenvalue weighted by Gasteiger charge is -2.33. The minimum Gasteiger partial charge on any atom is -0.492 e. The molecule has 7 nitrogen and oxygen atoms in total. The number of rotatable bonds is 9. The van der Waals surface area contributed by atoms with Crippen LogP contribution in [0.1, 0.15) is 37.8 Å². The summed E-state index contributed by atoms with van der Waals surface area (Å²) in [5.74, 6) is 2.52. The van der Waals surface area contributed by atoms with Gasteiger partial charge in [0, 0.05) is 44.3 Å². The Morgan fingerprint density at radius 2 is 1.73 bits per heavy atom. The summed E-state index contributed by atoms with van der Waals surface area (Å²) in [6, 6.07) is 14.5. The van der Waals surface area contributed by atoms with Crippen molar-refractivity contribution in [1.29, 1.82) is 5.26 Å².